The molecule has 0 aliphatic carbocycles. The third-order valence-corrected chi connectivity index (χ3v) is 5.08. The quantitative estimate of drug-likeness (QED) is 0.413. The standard InChI is InChI=1S/C19H29FN4O.HI/c20-17-7-5-6-16(14-17)18(23-10-12-25-13-11-23)15-22-19(21)24-8-3-1-2-4-9-24;/h5-7,14,18H,1-4,8-13,15H2,(H2,21,22);1H. The van der Waals surface area contributed by atoms with Crippen molar-refractivity contribution in [2.24, 2.45) is 10.7 Å². The molecule has 0 amide bonds. The third-order valence-electron chi connectivity index (χ3n) is 5.08. The Kier molecular flexibility index (Phi) is 9.07. The summed E-state index contributed by atoms with van der Waals surface area (Å²) in [4.78, 5) is 9.19. The monoisotopic (exact) mass is 476 g/mol. The van der Waals surface area contributed by atoms with Crippen LogP contribution >= 0.6 is 24.0 Å². The van der Waals surface area contributed by atoms with E-state index in [4.69, 9.17) is 10.5 Å². The van der Waals surface area contributed by atoms with Gasteiger partial charge in [-0.05, 0) is 30.5 Å². The number of guanidine groups is 1. The van der Waals surface area contributed by atoms with Crippen LogP contribution in [0.4, 0.5) is 4.39 Å². The Bertz CT molecular complexity index is 572. The number of benzene rings is 1. The van der Waals surface area contributed by atoms with E-state index < -0.39 is 0 Å². The van der Waals surface area contributed by atoms with Crippen molar-refractivity contribution < 1.29 is 9.13 Å². The zero-order chi connectivity index (χ0) is 17.5. The van der Waals surface area contributed by atoms with Crippen LogP contribution in [-0.4, -0.2) is 61.7 Å². The highest BCUT2D eigenvalue weighted by atomic mass is 127. The van der Waals surface area contributed by atoms with E-state index in [2.05, 4.69) is 14.8 Å². The van der Waals surface area contributed by atoms with Crippen molar-refractivity contribution in [2.75, 3.05) is 45.9 Å². The summed E-state index contributed by atoms with van der Waals surface area (Å²) in [5.74, 6) is 0.414. The Morgan fingerprint density at radius 2 is 1.81 bits per heavy atom. The molecule has 0 saturated carbocycles. The van der Waals surface area contributed by atoms with Gasteiger partial charge in [0.05, 0.1) is 25.8 Å². The number of rotatable bonds is 4. The molecule has 2 heterocycles. The molecular formula is C19H30FIN4O. The molecule has 1 atom stereocenters. The Morgan fingerprint density at radius 3 is 2.46 bits per heavy atom. The number of hydrogen-bond donors (Lipinski definition) is 1. The van der Waals surface area contributed by atoms with Gasteiger partial charge in [-0.15, -0.1) is 24.0 Å². The van der Waals surface area contributed by atoms with Crippen LogP contribution in [0.2, 0.25) is 0 Å². The highest BCUT2D eigenvalue weighted by Crippen LogP contribution is 2.23. The molecule has 2 fully saturated rings. The van der Waals surface area contributed by atoms with Crippen molar-refractivity contribution in [1.82, 2.24) is 9.80 Å². The van der Waals surface area contributed by atoms with Crippen LogP contribution in [-0.2, 0) is 4.74 Å². The lowest BCUT2D eigenvalue weighted by Crippen LogP contribution is -2.42. The zero-order valence-corrected chi connectivity index (χ0v) is 17.6. The third kappa shape index (κ3) is 6.06. The molecule has 1 unspecified atom stereocenters. The van der Waals surface area contributed by atoms with Crippen LogP contribution in [0.3, 0.4) is 0 Å². The van der Waals surface area contributed by atoms with Crippen molar-refractivity contribution in [3.05, 3.63) is 35.6 Å². The Hall–Kier alpha value is -0.930. The number of aliphatic imine (C=N–C) groups is 1. The van der Waals surface area contributed by atoms with Gasteiger partial charge in [-0.25, -0.2) is 4.39 Å². The average Bonchev–Trinajstić information content (AvgIpc) is 2.92. The van der Waals surface area contributed by atoms with E-state index in [-0.39, 0.29) is 35.8 Å². The Morgan fingerprint density at radius 1 is 1.12 bits per heavy atom. The summed E-state index contributed by atoms with van der Waals surface area (Å²) < 4.78 is 19.2. The average molecular weight is 476 g/mol. The smallest absolute Gasteiger partial charge is 0.191 e. The summed E-state index contributed by atoms with van der Waals surface area (Å²) in [6, 6.07) is 6.86. The van der Waals surface area contributed by atoms with Crippen LogP contribution in [0.15, 0.2) is 29.3 Å². The molecule has 2 aliphatic rings. The lowest BCUT2D eigenvalue weighted by atomic mass is 10.0. The zero-order valence-electron chi connectivity index (χ0n) is 15.3. The molecule has 2 aliphatic heterocycles. The summed E-state index contributed by atoms with van der Waals surface area (Å²) in [5.41, 5.74) is 7.22. The molecule has 5 nitrogen and oxygen atoms in total. The molecule has 0 aromatic heterocycles. The predicted octanol–water partition coefficient (Wildman–Crippen LogP) is 3.01. The molecule has 3 rings (SSSR count). The minimum Gasteiger partial charge on any atom is -0.379 e. The van der Waals surface area contributed by atoms with E-state index in [1.54, 1.807) is 12.1 Å². The largest absolute Gasteiger partial charge is 0.379 e. The van der Waals surface area contributed by atoms with Gasteiger partial charge in [0.15, 0.2) is 5.96 Å². The van der Waals surface area contributed by atoms with Crippen LogP contribution in [0.25, 0.3) is 0 Å². The summed E-state index contributed by atoms with van der Waals surface area (Å²) >= 11 is 0. The van der Waals surface area contributed by atoms with Gasteiger partial charge >= 0.3 is 0 Å². The first-order chi connectivity index (χ1) is 12.2. The summed E-state index contributed by atoms with van der Waals surface area (Å²) in [7, 11) is 0. The van der Waals surface area contributed by atoms with Gasteiger partial charge in [-0.2, -0.15) is 0 Å². The molecule has 0 bridgehead atoms. The minimum atomic E-state index is -0.208. The van der Waals surface area contributed by atoms with Crippen molar-refractivity contribution in [1.29, 1.82) is 0 Å². The highest BCUT2D eigenvalue weighted by Gasteiger charge is 2.23. The number of likely N-dealkylation sites (tertiary alicyclic amines) is 1. The topological polar surface area (TPSA) is 54.1 Å². The summed E-state index contributed by atoms with van der Waals surface area (Å²) in [5, 5.41) is 0. The number of nitrogens with two attached hydrogens (primary N) is 1. The van der Waals surface area contributed by atoms with Crippen LogP contribution in [0, 0.1) is 5.82 Å². The van der Waals surface area contributed by atoms with Gasteiger partial charge < -0.3 is 15.4 Å². The van der Waals surface area contributed by atoms with E-state index >= 15 is 0 Å². The predicted molar refractivity (Wildman–Crippen MR) is 113 cm³/mol. The number of halogens is 2. The van der Waals surface area contributed by atoms with Gasteiger partial charge in [0, 0.05) is 26.2 Å². The summed E-state index contributed by atoms with van der Waals surface area (Å²) in [6.07, 6.45) is 4.88. The highest BCUT2D eigenvalue weighted by molar-refractivity contribution is 14.0. The number of nitrogens with zero attached hydrogens (tertiary/aromatic N) is 3. The molecule has 7 heteroatoms. The number of morpholine rings is 1. The van der Waals surface area contributed by atoms with E-state index in [9.17, 15) is 4.39 Å². The lowest BCUT2D eigenvalue weighted by molar-refractivity contribution is 0.0179. The first kappa shape index (κ1) is 21.4. The first-order valence-corrected chi connectivity index (χ1v) is 9.36. The van der Waals surface area contributed by atoms with Gasteiger partial charge in [0.25, 0.3) is 0 Å². The molecule has 2 saturated heterocycles. The normalized spacial score (nSPS) is 21.0. The molecule has 26 heavy (non-hydrogen) atoms. The molecule has 146 valence electrons. The van der Waals surface area contributed by atoms with Crippen molar-refractivity contribution in [3.8, 4) is 0 Å². The fraction of sp³-hybridized carbons (Fsp3) is 0.632. The van der Waals surface area contributed by atoms with Crippen molar-refractivity contribution in [2.45, 2.75) is 31.7 Å². The molecule has 1 aromatic rings. The van der Waals surface area contributed by atoms with E-state index in [0.29, 0.717) is 25.7 Å². The fourth-order valence-electron chi connectivity index (χ4n) is 3.61. The van der Waals surface area contributed by atoms with Crippen LogP contribution in [0.5, 0.6) is 0 Å². The molecule has 2 N–H and O–H groups in total. The van der Waals surface area contributed by atoms with Gasteiger partial charge in [0.2, 0.25) is 0 Å². The Balaban J connectivity index is 0.00000243. The van der Waals surface area contributed by atoms with Gasteiger partial charge in [-0.1, -0.05) is 25.0 Å². The van der Waals surface area contributed by atoms with E-state index in [1.807, 2.05) is 6.07 Å². The van der Waals surface area contributed by atoms with Gasteiger partial charge in [-0.3, -0.25) is 9.89 Å². The second kappa shape index (κ2) is 11.0. The maximum atomic E-state index is 13.7. The number of ether oxygens (including phenoxy) is 1. The SMILES string of the molecule is I.NC(=NCC(c1cccc(F)c1)N1CCOCC1)N1CCCCCC1. The Labute approximate surface area is 172 Å². The lowest BCUT2D eigenvalue weighted by Gasteiger charge is -2.34. The first-order valence-electron chi connectivity index (χ1n) is 9.36. The molecule has 1 aromatic carbocycles. The van der Waals surface area contributed by atoms with Gasteiger partial charge in [0.1, 0.15) is 5.82 Å². The van der Waals surface area contributed by atoms with Crippen molar-refractivity contribution in [3.63, 3.8) is 0 Å². The molecular weight excluding hydrogens is 446 g/mol. The maximum Gasteiger partial charge on any atom is 0.191 e. The number of hydrogen-bond acceptors (Lipinski definition) is 3. The molecule has 0 spiro atoms. The summed E-state index contributed by atoms with van der Waals surface area (Å²) in [6.45, 7) is 5.59. The minimum absolute atomic E-state index is 0. The van der Waals surface area contributed by atoms with E-state index in [0.717, 1.165) is 31.7 Å². The van der Waals surface area contributed by atoms with Crippen LogP contribution in [0.1, 0.15) is 37.3 Å². The van der Waals surface area contributed by atoms with Crippen molar-refractivity contribution >= 4 is 29.9 Å². The fourth-order valence-corrected chi connectivity index (χ4v) is 3.61. The second-order valence-electron chi connectivity index (χ2n) is 6.82. The maximum absolute atomic E-state index is 13.7. The van der Waals surface area contributed by atoms with Crippen LogP contribution < -0.4 is 5.73 Å². The second-order valence-corrected chi connectivity index (χ2v) is 6.82. The van der Waals surface area contributed by atoms with E-state index in [1.165, 1.54) is 31.7 Å². The molecule has 0 radical (unpaired) electrons.